The second kappa shape index (κ2) is 6.17. The lowest BCUT2D eigenvalue weighted by molar-refractivity contribution is 0.172. The molecule has 2 heteroatoms. The molecule has 0 aliphatic carbocycles. The first-order valence-electron chi connectivity index (χ1n) is 8.33. The predicted molar refractivity (Wildman–Crippen MR) is 86.6 cm³/mol. The summed E-state index contributed by atoms with van der Waals surface area (Å²) in [7, 11) is 0. The van der Waals surface area contributed by atoms with Crippen molar-refractivity contribution in [3.63, 3.8) is 0 Å². The summed E-state index contributed by atoms with van der Waals surface area (Å²) < 4.78 is 0. The van der Waals surface area contributed by atoms with Crippen LogP contribution in [0.2, 0.25) is 0 Å². The van der Waals surface area contributed by atoms with Crippen LogP contribution < -0.4 is 4.90 Å². The monoisotopic (exact) mass is 272 g/mol. The van der Waals surface area contributed by atoms with Crippen molar-refractivity contribution in [2.24, 2.45) is 0 Å². The quantitative estimate of drug-likeness (QED) is 0.824. The number of anilines is 1. The summed E-state index contributed by atoms with van der Waals surface area (Å²) in [5, 5.41) is 0. The van der Waals surface area contributed by atoms with E-state index in [1.807, 2.05) is 0 Å². The second-order valence-corrected chi connectivity index (χ2v) is 6.69. The molecule has 20 heavy (non-hydrogen) atoms. The SMILES string of the molecule is CC(C)N1CCC(c2cccc(N3CCCC3)c2)CC1. The van der Waals surface area contributed by atoms with Crippen molar-refractivity contribution < 1.29 is 0 Å². The Balaban J connectivity index is 1.67. The summed E-state index contributed by atoms with van der Waals surface area (Å²) in [6, 6.07) is 10.1. The number of nitrogens with zero attached hydrogens (tertiary/aromatic N) is 2. The minimum atomic E-state index is 0.701. The molecule has 0 spiro atoms. The highest BCUT2D eigenvalue weighted by Gasteiger charge is 2.22. The van der Waals surface area contributed by atoms with E-state index in [4.69, 9.17) is 0 Å². The molecule has 0 saturated carbocycles. The summed E-state index contributed by atoms with van der Waals surface area (Å²) in [5.74, 6) is 0.771. The Hall–Kier alpha value is -1.02. The minimum absolute atomic E-state index is 0.701. The first-order valence-corrected chi connectivity index (χ1v) is 8.33. The van der Waals surface area contributed by atoms with Crippen LogP contribution in [-0.4, -0.2) is 37.1 Å². The molecule has 0 amide bonds. The van der Waals surface area contributed by atoms with Gasteiger partial charge < -0.3 is 9.80 Å². The van der Waals surface area contributed by atoms with Crippen LogP contribution in [0.15, 0.2) is 24.3 Å². The Morgan fingerprint density at radius 1 is 1.00 bits per heavy atom. The van der Waals surface area contributed by atoms with Gasteiger partial charge in [-0.3, -0.25) is 0 Å². The Bertz CT molecular complexity index is 427. The van der Waals surface area contributed by atoms with Gasteiger partial charge in [0.25, 0.3) is 0 Å². The smallest absolute Gasteiger partial charge is 0.0369 e. The van der Waals surface area contributed by atoms with Crippen LogP contribution in [-0.2, 0) is 0 Å². The molecule has 2 heterocycles. The van der Waals surface area contributed by atoms with Crippen molar-refractivity contribution >= 4 is 5.69 Å². The highest BCUT2D eigenvalue weighted by molar-refractivity contribution is 5.50. The van der Waals surface area contributed by atoms with E-state index in [0.29, 0.717) is 6.04 Å². The zero-order chi connectivity index (χ0) is 13.9. The normalized spacial score (nSPS) is 21.9. The predicted octanol–water partition coefficient (Wildman–Crippen LogP) is 3.87. The third kappa shape index (κ3) is 3.01. The molecule has 0 atom stereocenters. The van der Waals surface area contributed by atoms with Gasteiger partial charge in [-0.25, -0.2) is 0 Å². The van der Waals surface area contributed by atoms with Crippen LogP contribution in [0.4, 0.5) is 5.69 Å². The van der Waals surface area contributed by atoms with E-state index in [1.165, 1.54) is 57.5 Å². The topological polar surface area (TPSA) is 6.48 Å². The number of likely N-dealkylation sites (tertiary alicyclic amines) is 1. The van der Waals surface area contributed by atoms with Gasteiger partial charge in [0.15, 0.2) is 0 Å². The largest absolute Gasteiger partial charge is 0.372 e. The standard InChI is InChI=1S/C18H28N2/c1-15(2)19-12-8-16(9-13-19)17-6-5-7-18(14-17)20-10-3-4-11-20/h5-7,14-16H,3-4,8-13H2,1-2H3. The van der Waals surface area contributed by atoms with Gasteiger partial charge in [0.05, 0.1) is 0 Å². The maximum atomic E-state index is 2.61. The van der Waals surface area contributed by atoms with Gasteiger partial charge in [-0.1, -0.05) is 12.1 Å². The second-order valence-electron chi connectivity index (χ2n) is 6.69. The molecule has 2 saturated heterocycles. The molecular formula is C18H28N2. The first kappa shape index (κ1) is 13.9. The summed E-state index contributed by atoms with van der Waals surface area (Å²) in [6.45, 7) is 9.64. The Labute approximate surface area is 123 Å². The van der Waals surface area contributed by atoms with Crippen molar-refractivity contribution in [1.29, 1.82) is 0 Å². The maximum Gasteiger partial charge on any atom is 0.0369 e. The number of piperidine rings is 1. The number of hydrogen-bond donors (Lipinski definition) is 0. The van der Waals surface area contributed by atoms with E-state index in [-0.39, 0.29) is 0 Å². The molecule has 110 valence electrons. The van der Waals surface area contributed by atoms with Gasteiger partial charge in [0, 0.05) is 24.8 Å². The van der Waals surface area contributed by atoms with Crippen molar-refractivity contribution in [3.05, 3.63) is 29.8 Å². The lowest BCUT2D eigenvalue weighted by Crippen LogP contribution is -2.37. The van der Waals surface area contributed by atoms with Gasteiger partial charge >= 0.3 is 0 Å². The molecule has 1 aromatic rings. The van der Waals surface area contributed by atoms with Crippen LogP contribution >= 0.6 is 0 Å². The fourth-order valence-electron chi connectivity index (χ4n) is 3.70. The van der Waals surface area contributed by atoms with E-state index < -0.39 is 0 Å². The molecule has 2 aliphatic rings. The summed E-state index contributed by atoms with van der Waals surface area (Å²) in [5.41, 5.74) is 3.02. The van der Waals surface area contributed by atoms with Crippen LogP contribution in [0.5, 0.6) is 0 Å². The summed E-state index contributed by atoms with van der Waals surface area (Å²) in [6.07, 6.45) is 5.36. The van der Waals surface area contributed by atoms with E-state index >= 15 is 0 Å². The van der Waals surface area contributed by atoms with Crippen LogP contribution in [0.3, 0.4) is 0 Å². The minimum Gasteiger partial charge on any atom is -0.372 e. The van der Waals surface area contributed by atoms with Crippen molar-refractivity contribution in [2.45, 2.75) is 51.5 Å². The zero-order valence-electron chi connectivity index (χ0n) is 13.0. The molecule has 3 rings (SSSR count). The molecule has 1 aromatic carbocycles. The Morgan fingerprint density at radius 2 is 1.70 bits per heavy atom. The summed E-state index contributed by atoms with van der Waals surface area (Å²) in [4.78, 5) is 5.16. The third-order valence-electron chi connectivity index (χ3n) is 5.07. The van der Waals surface area contributed by atoms with E-state index in [0.717, 1.165) is 5.92 Å². The van der Waals surface area contributed by atoms with Gasteiger partial charge in [-0.2, -0.15) is 0 Å². The first-order chi connectivity index (χ1) is 9.74. The zero-order valence-corrected chi connectivity index (χ0v) is 13.0. The van der Waals surface area contributed by atoms with Crippen LogP contribution in [0.25, 0.3) is 0 Å². The number of rotatable bonds is 3. The average Bonchev–Trinajstić information content (AvgIpc) is 3.02. The molecular weight excluding hydrogens is 244 g/mol. The van der Waals surface area contributed by atoms with Crippen LogP contribution in [0, 0.1) is 0 Å². The van der Waals surface area contributed by atoms with Crippen molar-refractivity contribution in [1.82, 2.24) is 4.90 Å². The lowest BCUT2D eigenvalue weighted by Gasteiger charge is -2.35. The van der Waals surface area contributed by atoms with E-state index in [1.54, 1.807) is 5.56 Å². The maximum absolute atomic E-state index is 2.61. The van der Waals surface area contributed by atoms with E-state index in [9.17, 15) is 0 Å². The molecule has 0 N–H and O–H groups in total. The van der Waals surface area contributed by atoms with Crippen LogP contribution in [0.1, 0.15) is 51.0 Å². The highest BCUT2D eigenvalue weighted by Crippen LogP contribution is 2.31. The molecule has 0 radical (unpaired) electrons. The Kier molecular flexibility index (Phi) is 4.30. The average molecular weight is 272 g/mol. The third-order valence-corrected chi connectivity index (χ3v) is 5.07. The summed E-state index contributed by atoms with van der Waals surface area (Å²) >= 11 is 0. The molecule has 2 nitrogen and oxygen atoms in total. The fourth-order valence-corrected chi connectivity index (χ4v) is 3.70. The Morgan fingerprint density at radius 3 is 2.35 bits per heavy atom. The van der Waals surface area contributed by atoms with Gasteiger partial charge in [0.1, 0.15) is 0 Å². The highest BCUT2D eigenvalue weighted by atomic mass is 15.2. The molecule has 0 unspecified atom stereocenters. The molecule has 0 aromatic heterocycles. The van der Waals surface area contributed by atoms with Crippen molar-refractivity contribution in [2.75, 3.05) is 31.1 Å². The number of hydrogen-bond acceptors (Lipinski definition) is 2. The van der Waals surface area contributed by atoms with E-state index in [2.05, 4.69) is 47.9 Å². The van der Waals surface area contributed by atoms with Gasteiger partial charge in [-0.15, -0.1) is 0 Å². The molecule has 2 aliphatic heterocycles. The lowest BCUT2D eigenvalue weighted by atomic mass is 9.88. The fraction of sp³-hybridized carbons (Fsp3) is 0.667. The number of benzene rings is 1. The van der Waals surface area contributed by atoms with Crippen molar-refractivity contribution in [3.8, 4) is 0 Å². The van der Waals surface area contributed by atoms with Gasteiger partial charge in [0.2, 0.25) is 0 Å². The molecule has 2 fully saturated rings. The van der Waals surface area contributed by atoms with Gasteiger partial charge in [-0.05, 0) is 76.2 Å². The molecule has 0 bridgehead atoms.